The van der Waals surface area contributed by atoms with Gasteiger partial charge in [0.2, 0.25) is 0 Å². The normalized spacial score (nSPS) is 14.7. The fraction of sp³-hybridized carbons (Fsp3) is 0.500. The van der Waals surface area contributed by atoms with Crippen molar-refractivity contribution in [3.8, 4) is 0 Å². The maximum absolute atomic E-state index is 11.4. The van der Waals surface area contributed by atoms with Crippen molar-refractivity contribution in [3.63, 3.8) is 0 Å². The first-order valence-corrected chi connectivity index (χ1v) is 8.08. The van der Waals surface area contributed by atoms with Crippen LogP contribution in [0.5, 0.6) is 0 Å². The van der Waals surface area contributed by atoms with Crippen molar-refractivity contribution in [1.29, 1.82) is 0 Å². The molecule has 0 aliphatic carbocycles. The Morgan fingerprint density at radius 2 is 2.04 bits per heavy atom. The SMILES string of the molecule is Cc1cc(=O)[nH]c(CCNc2cc(N3CCCCC3)ncn2)n1. The molecule has 2 N–H and O–H groups in total. The summed E-state index contributed by atoms with van der Waals surface area (Å²) in [6.07, 6.45) is 5.98. The maximum atomic E-state index is 11.4. The molecule has 0 saturated carbocycles. The molecule has 0 unspecified atom stereocenters. The van der Waals surface area contributed by atoms with E-state index in [1.54, 1.807) is 6.33 Å². The van der Waals surface area contributed by atoms with Crippen LogP contribution in [0.25, 0.3) is 0 Å². The van der Waals surface area contributed by atoms with Gasteiger partial charge in [0.05, 0.1) is 0 Å². The Morgan fingerprint density at radius 1 is 1.22 bits per heavy atom. The first kappa shape index (κ1) is 15.5. The van der Waals surface area contributed by atoms with Crippen molar-refractivity contribution >= 4 is 11.6 Å². The minimum atomic E-state index is -0.109. The standard InChI is InChI=1S/C16H22N6O/c1-12-9-16(23)21-13(20-12)5-6-17-14-10-15(19-11-18-14)22-7-3-2-4-8-22/h9-11H,2-8H2,1H3,(H,17,18,19)(H,20,21,23). The zero-order valence-corrected chi connectivity index (χ0v) is 13.4. The Bertz CT molecular complexity index is 708. The Labute approximate surface area is 135 Å². The predicted molar refractivity (Wildman–Crippen MR) is 89.9 cm³/mol. The molecule has 122 valence electrons. The highest BCUT2D eigenvalue weighted by atomic mass is 16.1. The molecule has 1 fully saturated rings. The Kier molecular flexibility index (Phi) is 4.85. The molecule has 7 heteroatoms. The fourth-order valence-electron chi connectivity index (χ4n) is 2.81. The van der Waals surface area contributed by atoms with Gasteiger partial charge in [0, 0.05) is 43.9 Å². The van der Waals surface area contributed by atoms with Gasteiger partial charge in [-0.15, -0.1) is 0 Å². The molecule has 1 aliphatic heterocycles. The van der Waals surface area contributed by atoms with Crippen molar-refractivity contribution < 1.29 is 0 Å². The molecular weight excluding hydrogens is 292 g/mol. The predicted octanol–water partition coefficient (Wildman–Crippen LogP) is 1.51. The number of aromatic amines is 1. The molecule has 0 atom stereocenters. The van der Waals surface area contributed by atoms with Crippen LogP contribution in [0.3, 0.4) is 0 Å². The Morgan fingerprint density at radius 3 is 2.83 bits per heavy atom. The Hall–Kier alpha value is -2.44. The van der Waals surface area contributed by atoms with Crippen molar-refractivity contribution in [2.75, 3.05) is 29.9 Å². The fourth-order valence-corrected chi connectivity index (χ4v) is 2.81. The zero-order chi connectivity index (χ0) is 16.1. The number of nitrogens with one attached hydrogen (secondary N) is 2. The van der Waals surface area contributed by atoms with Crippen LogP contribution in [0.2, 0.25) is 0 Å². The average molecular weight is 314 g/mol. The van der Waals surface area contributed by atoms with Gasteiger partial charge in [-0.25, -0.2) is 15.0 Å². The van der Waals surface area contributed by atoms with Crippen LogP contribution in [0, 0.1) is 6.92 Å². The lowest BCUT2D eigenvalue weighted by Crippen LogP contribution is -2.30. The summed E-state index contributed by atoms with van der Waals surface area (Å²) in [5.41, 5.74) is 0.625. The van der Waals surface area contributed by atoms with Gasteiger partial charge in [0.1, 0.15) is 23.8 Å². The number of H-pyrrole nitrogens is 1. The van der Waals surface area contributed by atoms with Crippen LogP contribution in [0.4, 0.5) is 11.6 Å². The number of aromatic nitrogens is 4. The van der Waals surface area contributed by atoms with Gasteiger partial charge in [-0.3, -0.25) is 4.79 Å². The average Bonchev–Trinajstić information content (AvgIpc) is 2.55. The van der Waals surface area contributed by atoms with Crippen molar-refractivity contribution in [3.05, 3.63) is 40.3 Å². The second kappa shape index (κ2) is 7.21. The summed E-state index contributed by atoms with van der Waals surface area (Å²) < 4.78 is 0. The minimum absolute atomic E-state index is 0.109. The van der Waals surface area contributed by atoms with Crippen molar-refractivity contribution in [2.45, 2.75) is 32.6 Å². The first-order chi connectivity index (χ1) is 11.2. The minimum Gasteiger partial charge on any atom is -0.369 e. The summed E-state index contributed by atoms with van der Waals surface area (Å²) in [7, 11) is 0. The van der Waals surface area contributed by atoms with E-state index in [0.717, 1.165) is 30.4 Å². The molecule has 1 aliphatic rings. The van der Waals surface area contributed by atoms with Gasteiger partial charge < -0.3 is 15.2 Å². The third-order valence-electron chi connectivity index (χ3n) is 3.92. The highest BCUT2D eigenvalue weighted by Gasteiger charge is 2.12. The van der Waals surface area contributed by atoms with E-state index in [2.05, 4.69) is 30.2 Å². The lowest BCUT2D eigenvalue weighted by Gasteiger charge is -2.27. The largest absolute Gasteiger partial charge is 0.369 e. The van der Waals surface area contributed by atoms with E-state index in [1.165, 1.54) is 25.3 Å². The van der Waals surface area contributed by atoms with E-state index in [1.807, 2.05) is 13.0 Å². The molecular formula is C16H22N6O. The topological polar surface area (TPSA) is 86.8 Å². The molecule has 0 amide bonds. The second-order valence-electron chi connectivity index (χ2n) is 5.82. The molecule has 2 aromatic rings. The van der Waals surface area contributed by atoms with Crippen molar-refractivity contribution in [1.82, 2.24) is 19.9 Å². The van der Waals surface area contributed by atoms with Crippen LogP contribution in [0.15, 0.2) is 23.3 Å². The smallest absolute Gasteiger partial charge is 0.251 e. The van der Waals surface area contributed by atoms with Gasteiger partial charge in [0.15, 0.2) is 0 Å². The molecule has 1 saturated heterocycles. The molecule has 7 nitrogen and oxygen atoms in total. The van der Waals surface area contributed by atoms with E-state index < -0.39 is 0 Å². The third-order valence-corrected chi connectivity index (χ3v) is 3.92. The second-order valence-corrected chi connectivity index (χ2v) is 5.82. The molecule has 3 rings (SSSR count). The van der Waals surface area contributed by atoms with Gasteiger partial charge in [-0.05, 0) is 26.2 Å². The number of hydrogen-bond donors (Lipinski definition) is 2. The summed E-state index contributed by atoms with van der Waals surface area (Å²) in [5, 5.41) is 3.27. The molecule has 0 aromatic carbocycles. The van der Waals surface area contributed by atoms with Crippen molar-refractivity contribution in [2.24, 2.45) is 0 Å². The highest BCUT2D eigenvalue weighted by molar-refractivity contribution is 5.48. The van der Waals surface area contributed by atoms with E-state index in [-0.39, 0.29) is 5.56 Å². The molecule has 0 bridgehead atoms. The van der Waals surface area contributed by atoms with Crippen LogP contribution < -0.4 is 15.8 Å². The third kappa shape index (κ3) is 4.28. The lowest BCUT2D eigenvalue weighted by atomic mass is 10.1. The maximum Gasteiger partial charge on any atom is 0.251 e. The van der Waals surface area contributed by atoms with E-state index in [0.29, 0.717) is 18.8 Å². The number of anilines is 2. The van der Waals surface area contributed by atoms with Crippen LogP contribution in [-0.2, 0) is 6.42 Å². The van der Waals surface area contributed by atoms with Gasteiger partial charge in [-0.2, -0.15) is 0 Å². The lowest BCUT2D eigenvalue weighted by molar-refractivity contribution is 0.573. The monoisotopic (exact) mass is 314 g/mol. The molecule has 23 heavy (non-hydrogen) atoms. The number of nitrogens with zero attached hydrogens (tertiary/aromatic N) is 4. The van der Waals surface area contributed by atoms with E-state index in [4.69, 9.17) is 0 Å². The van der Waals surface area contributed by atoms with Crippen LogP contribution >= 0.6 is 0 Å². The summed E-state index contributed by atoms with van der Waals surface area (Å²) >= 11 is 0. The Balaban J connectivity index is 1.58. The van der Waals surface area contributed by atoms with Gasteiger partial charge in [0.25, 0.3) is 5.56 Å². The molecule has 0 spiro atoms. The van der Waals surface area contributed by atoms with E-state index in [9.17, 15) is 4.79 Å². The van der Waals surface area contributed by atoms with Crippen LogP contribution in [0.1, 0.15) is 30.8 Å². The summed E-state index contributed by atoms with van der Waals surface area (Å²) in [4.78, 5) is 29.4. The number of rotatable bonds is 5. The van der Waals surface area contributed by atoms with Crippen LogP contribution in [-0.4, -0.2) is 39.6 Å². The first-order valence-electron chi connectivity index (χ1n) is 8.08. The number of aryl methyl sites for hydroxylation is 1. The van der Waals surface area contributed by atoms with Gasteiger partial charge >= 0.3 is 0 Å². The number of piperidine rings is 1. The number of hydrogen-bond acceptors (Lipinski definition) is 6. The molecule has 3 heterocycles. The summed E-state index contributed by atoms with van der Waals surface area (Å²) in [6, 6.07) is 3.48. The quantitative estimate of drug-likeness (QED) is 0.870. The highest BCUT2D eigenvalue weighted by Crippen LogP contribution is 2.18. The molecule has 0 radical (unpaired) electrons. The van der Waals surface area contributed by atoms with Gasteiger partial charge in [-0.1, -0.05) is 0 Å². The zero-order valence-electron chi connectivity index (χ0n) is 13.4. The summed E-state index contributed by atoms with van der Waals surface area (Å²) in [5.74, 6) is 2.47. The molecule has 2 aromatic heterocycles. The summed E-state index contributed by atoms with van der Waals surface area (Å²) in [6.45, 7) is 4.60. The van der Waals surface area contributed by atoms with E-state index >= 15 is 0 Å².